The lowest BCUT2D eigenvalue weighted by Gasteiger charge is -2.10. The summed E-state index contributed by atoms with van der Waals surface area (Å²) in [5.41, 5.74) is 1.51. The number of hydrogen-bond acceptors (Lipinski definition) is 3. The predicted octanol–water partition coefficient (Wildman–Crippen LogP) is 3.36. The van der Waals surface area contributed by atoms with Crippen LogP contribution in [0, 0.1) is 0 Å². The van der Waals surface area contributed by atoms with Crippen LogP contribution < -0.4 is 5.32 Å². The van der Waals surface area contributed by atoms with Crippen LogP contribution in [0.5, 0.6) is 0 Å². The Morgan fingerprint density at radius 2 is 2.26 bits per heavy atom. The van der Waals surface area contributed by atoms with E-state index in [4.69, 9.17) is 0 Å². The van der Waals surface area contributed by atoms with Crippen molar-refractivity contribution in [2.75, 3.05) is 6.54 Å². The van der Waals surface area contributed by atoms with Gasteiger partial charge in [0, 0.05) is 16.6 Å². The second kappa shape index (κ2) is 6.84. The van der Waals surface area contributed by atoms with Crippen LogP contribution in [-0.2, 0) is 0 Å². The zero-order valence-electron chi connectivity index (χ0n) is 10.2. The molecule has 0 aliphatic carbocycles. The van der Waals surface area contributed by atoms with Gasteiger partial charge in [0.25, 0.3) is 5.91 Å². The average Bonchev–Trinajstić information content (AvgIpc) is 2.92. The first kappa shape index (κ1) is 14.2. The van der Waals surface area contributed by atoms with Crippen LogP contribution in [0.1, 0.15) is 28.4 Å². The lowest BCUT2D eigenvalue weighted by molar-refractivity contribution is 0.0942. The molecule has 0 radical (unpaired) electrons. The molecule has 0 spiro atoms. The maximum atomic E-state index is 11.9. The Bertz CT molecular complexity index is 542. The molecule has 1 atom stereocenters. The van der Waals surface area contributed by atoms with Gasteiger partial charge in [-0.05, 0) is 47.0 Å². The summed E-state index contributed by atoms with van der Waals surface area (Å²) in [6.45, 7) is 0.447. The van der Waals surface area contributed by atoms with Gasteiger partial charge in [-0.15, -0.1) is 0 Å². The number of hydrogen-bond donors (Lipinski definition) is 2. The molecule has 0 saturated carbocycles. The Morgan fingerprint density at radius 3 is 2.95 bits per heavy atom. The van der Waals surface area contributed by atoms with Crippen molar-refractivity contribution in [1.82, 2.24) is 5.32 Å². The van der Waals surface area contributed by atoms with Crippen LogP contribution in [0.2, 0.25) is 0 Å². The molecule has 2 aromatic rings. The minimum absolute atomic E-state index is 0.126. The highest BCUT2D eigenvalue weighted by atomic mass is 79.9. The normalized spacial score (nSPS) is 12.1. The van der Waals surface area contributed by atoms with Crippen LogP contribution in [0.25, 0.3) is 0 Å². The molecule has 2 N–H and O–H groups in total. The van der Waals surface area contributed by atoms with Gasteiger partial charge < -0.3 is 10.4 Å². The molecular formula is C14H14BrNO2S. The van der Waals surface area contributed by atoms with Crippen molar-refractivity contribution < 1.29 is 9.90 Å². The van der Waals surface area contributed by atoms with Gasteiger partial charge in [-0.1, -0.05) is 22.0 Å². The number of benzene rings is 1. The first-order valence-corrected chi connectivity index (χ1v) is 7.64. The van der Waals surface area contributed by atoms with Gasteiger partial charge in [0.15, 0.2) is 0 Å². The number of aliphatic hydroxyl groups is 1. The molecule has 0 fully saturated rings. The van der Waals surface area contributed by atoms with E-state index >= 15 is 0 Å². The monoisotopic (exact) mass is 339 g/mol. The van der Waals surface area contributed by atoms with E-state index in [2.05, 4.69) is 21.2 Å². The Morgan fingerprint density at radius 1 is 1.42 bits per heavy atom. The molecule has 1 amide bonds. The smallest absolute Gasteiger partial charge is 0.251 e. The Balaban J connectivity index is 1.81. The number of rotatable bonds is 5. The van der Waals surface area contributed by atoms with Crippen molar-refractivity contribution in [2.24, 2.45) is 0 Å². The molecule has 1 aromatic carbocycles. The van der Waals surface area contributed by atoms with Crippen LogP contribution in [0.3, 0.4) is 0 Å². The number of carbonyl (C=O) groups is 1. The molecule has 0 saturated heterocycles. The molecule has 1 heterocycles. The van der Waals surface area contributed by atoms with Crippen LogP contribution in [-0.4, -0.2) is 17.6 Å². The van der Waals surface area contributed by atoms with E-state index in [9.17, 15) is 9.90 Å². The fourth-order valence-electron chi connectivity index (χ4n) is 1.69. The molecule has 3 nitrogen and oxygen atoms in total. The van der Waals surface area contributed by atoms with Gasteiger partial charge in [0.05, 0.1) is 6.10 Å². The second-order valence-electron chi connectivity index (χ2n) is 4.13. The van der Waals surface area contributed by atoms with Crippen molar-refractivity contribution in [3.8, 4) is 0 Å². The first-order chi connectivity index (χ1) is 9.16. The Hall–Kier alpha value is -1.17. The zero-order chi connectivity index (χ0) is 13.7. The summed E-state index contributed by atoms with van der Waals surface area (Å²) >= 11 is 4.88. The van der Waals surface area contributed by atoms with Crippen LogP contribution in [0.4, 0.5) is 0 Å². The largest absolute Gasteiger partial charge is 0.388 e. The molecule has 0 aliphatic rings. The molecule has 0 aliphatic heterocycles. The number of carbonyl (C=O) groups excluding carboxylic acids is 1. The summed E-state index contributed by atoms with van der Waals surface area (Å²) in [6, 6.07) is 9.11. The van der Waals surface area contributed by atoms with E-state index in [-0.39, 0.29) is 5.91 Å². The highest BCUT2D eigenvalue weighted by Gasteiger charge is 2.09. The molecular weight excluding hydrogens is 326 g/mol. The number of thiophene rings is 1. The summed E-state index contributed by atoms with van der Waals surface area (Å²) < 4.78 is 0.874. The van der Waals surface area contributed by atoms with E-state index in [1.54, 1.807) is 23.5 Å². The summed E-state index contributed by atoms with van der Waals surface area (Å²) in [7, 11) is 0. The Kier molecular flexibility index (Phi) is 5.13. The number of halogens is 1. The van der Waals surface area contributed by atoms with Crippen molar-refractivity contribution in [2.45, 2.75) is 12.5 Å². The summed E-state index contributed by atoms with van der Waals surface area (Å²) in [5.74, 6) is -0.126. The first-order valence-electron chi connectivity index (χ1n) is 5.91. The molecule has 19 heavy (non-hydrogen) atoms. The lowest BCUT2D eigenvalue weighted by Crippen LogP contribution is -2.25. The molecule has 1 aromatic heterocycles. The highest BCUT2D eigenvalue weighted by Crippen LogP contribution is 2.18. The van der Waals surface area contributed by atoms with E-state index in [0.29, 0.717) is 18.5 Å². The third kappa shape index (κ3) is 4.16. The maximum Gasteiger partial charge on any atom is 0.251 e. The third-order valence-electron chi connectivity index (χ3n) is 2.72. The van der Waals surface area contributed by atoms with E-state index in [1.165, 1.54) is 0 Å². The minimum atomic E-state index is -0.519. The average molecular weight is 340 g/mol. The van der Waals surface area contributed by atoms with Gasteiger partial charge in [-0.25, -0.2) is 0 Å². The van der Waals surface area contributed by atoms with E-state index < -0.39 is 6.10 Å². The fourth-order valence-corrected chi connectivity index (χ4v) is 2.79. The van der Waals surface area contributed by atoms with Gasteiger partial charge >= 0.3 is 0 Å². The maximum absolute atomic E-state index is 11.9. The molecule has 5 heteroatoms. The Labute approximate surface area is 124 Å². The van der Waals surface area contributed by atoms with Crippen molar-refractivity contribution in [3.63, 3.8) is 0 Å². The summed E-state index contributed by atoms with van der Waals surface area (Å²) in [4.78, 5) is 11.9. The van der Waals surface area contributed by atoms with Crippen molar-refractivity contribution in [3.05, 3.63) is 56.7 Å². The standard InChI is InChI=1S/C14H14BrNO2S/c15-12-3-1-2-10(8-12)14(18)16-6-4-13(17)11-5-7-19-9-11/h1-3,5,7-9,13,17H,4,6H2,(H,16,18). The summed E-state index contributed by atoms with van der Waals surface area (Å²) in [6.07, 6.45) is -0.00900. The second-order valence-corrected chi connectivity index (χ2v) is 5.82. The van der Waals surface area contributed by atoms with Crippen LogP contribution in [0.15, 0.2) is 45.6 Å². The minimum Gasteiger partial charge on any atom is -0.388 e. The van der Waals surface area contributed by atoms with Crippen LogP contribution >= 0.6 is 27.3 Å². The van der Waals surface area contributed by atoms with E-state index in [1.807, 2.05) is 29.0 Å². The lowest BCUT2D eigenvalue weighted by atomic mass is 10.1. The number of nitrogens with one attached hydrogen (secondary N) is 1. The molecule has 1 unspecified atom stereocenters. The molecule has 0 bridgehead atoms. The van der Waals surface area contributed by atoms with Gasteiger partial charge in [-0.2, -0.15) is 11.3 Å². The highest BCUT2D eigenvalue weighted by molar-refractivity contribution is 9.10. The van der Waals surface area contributed by atoms with Gasteiger partial charge in [-0.3, -0.25) is 4.79 Å². The summed E-state index contributed by atoms with van der Waals surface area (Å²) in [5, 5.41) is 16.5. The molecule has 2 rings (SSSR count). The topological polar surface area (TPSA) is 49.3 Å². The van der Waals surface area contributed by atoms with Crippen molar-refractivity contribution in [1.29, 1.82) is 0 Å². The fraction of sp³-hybridized carbons (Fsp3) is 0.214. The zero-order valence-corrected chi connectivity index (χ0v) is 12.6. The van der Waals surface area contributed by atoms with Gasteiger partial charge in [0.1, 0.15) is 0 Å². The van der Waals surface area contributed by atoms with Gasteiger partial charge in [0.2, 0.25) is 0 Å². The SMILES string of the molecule is O=C(NCCC(O)c1ccsc1)c1cccc(Br)c1. The predicted molar refractivity (Wildman–Crippen MR) is 80.4 cm³/mol. The third-order valence-corrected chi connectivity index (χ3v) is 3.91. The molecule has 100 valence electrons. The quantitative estimate of drug-likeness (QED) is 0.877. The van der Waals surface area contributed by atoms with Crippen molar-refractivity contribution >= 4 is 33.2 Å². The number of amides is 1. The number of aliphatic hydroxyl groups excluding tert-OH is 1. The van der Waals surface area contributed by atoms with E-state index in [0.717, 1.165) is 10.0 Å².